The van der Waals surface area contributed by atoms with E-state index < -0.39 is 29.9 Å². The third kappa shape index (κ3) is 9.19. The zero-order chi connectivity index (χ0) is 20.4. The number of methoxy groups -OCH3 is 1. The van der Waals surface area contributed by atoms with E-state index in [1.807, 2.05) is 30.3 Å². The lowest BCUT2D eigenvalue weighted by Gasteiger charge is -2.23. The number of amides is 1. The van der Waals surface area contributed by atoms with Crippen LogP contribution in [-0.2, 0) is 25.5 Å². The number of hydrogen-bond acceptors (Lipinski definition) is 5. The van der Waals surface area contributed by atoms with Crippen molar-refractivity contribution < 1.29 is 24.2 Å². The summed E-state index contributed by atoms with van der Waals surface area (Å²) >= 11 is 0. The van der Waals surface area contributed by atoms with Gasteiger partial charge in [-0.15, -0.1) is 0 Å². The first-order chi connectivity index (χ1) is 12.6. The molecule has 0 aliphatic rings. The summed E-state index contributed by atoms with van der Waals surface area (Å²) in [6, 6.07) is 7.42. The van der Waals surface area contributed by atoms with Crippen LogP contribution in [0, 0.1) is 5.41 Å². The predicted molar refractivity (Wildman–Crippen MR) is 102 cm³/mol. The third-order valence-corrected chi connectivity index (χ3v) is 4.05. The van der Waals surface area contributed by atoms with Crippen LogP contribution in [-0.4, -0.2) is 48.7 Å². The summed E-state index contributed by atoms with van der Waals surface area (Å²) in [5.74, 6) is -2.19. The third-order valence-electron chi connectivity index (χ3n) is 4.05. The summed E-state index contributed by atoms with van der Waals surface area (Å²) in [6.07, 6.45) is 0.678. The Bertz CT molecular complexity index is 625. The molecule has 0 unspecified atom stereocenters. The van der Waals surface area contributed by atoms with Crippen molar-refractivity contribution in [3.05, 3.63) is 35.9 Å². The molecule has 0 spiro atoms. The smallest absolute Gasteiger partial charge is 0.328 e. The van der Waals surface area contributed by atoms with Gasteiger partial charge in [-0.2, -0.15) is 0 Å². The van der Waals surface area contributed by atoms with E-state index in [4.69, 9.17) is 9.84 Å². The quantitative estimate of drug-likeness (QED) is 0.421. The molecular formula is C20H30N2O5. The number of carbonyl (C=O) groups excluding carboxylic acids is 2. The van der Waals surface area contributed by atoms with Crippen LogP contribution in [0.4, 0.5) is 0 Å². The van der Waals surface area contributed by atoms with E-state index in [9.17, 15) is 14.4 Å². The molecule has 1 rings (SSSR count). The highest BCUT2D eigenvalue weighted by molar-refractivity contribution is 5.90. The topological polar surface area (TPSA) is 105 Å². The fraction of sp³-hybridized carbons (Fsp3) is 0.550. The monoisotopic (exact) mass is 381 g/mol. The molecule has 7 nitrogen and oxygen atoms in total. The molecule has 0 radical (unpaired) electrons. The van der Waals surface area contributed by atoms with Gasteiger partial charge in [0.15, 0.2) is 0 Å². The molecule has 1 aromatic rings. The Kier molecular flexibility index (Phi) is 8.94. The maximum Gasteiger partial charge on any atom is 0.328 e. The van der Waals surface area contributed by atoms with Crippen LogP contribution in [0.25, 0.3) is 0 Å². The molecular weight excluding hydrogens is 351 g/mol. The molecule has 0 aromatic heterocycles. The van der Waals surface area contributed by atoms with E-state index >= 15 is 0 Å². The molecule has 7 heteroatoms. The number of esters is 1. The van der Waals surface area contributed by atoms with Crippen molar-refractivity contribution in [3.8, 4) is 0 Å². The van der Waals surface area contributed by atoms with E-state index in [-0.39, 0.29) is 18.3 Å². The van der Waals surface area contributed by atoms with Crippen molar-refractivity contribution in [2.45, 2.75) is 52.1 Å². The molecule has 27 heavy (non-hydrogen) atoms. The van der Waals surface area contributed by atoms with E-state index in [0.717, 1.165) is 12.0 Å². The second kappa shape index (κ2) is 10.7. The predicted octanol–water partition coefficient (Wildman–Crippen LogP) is 1.76. The molecule has 0 bridgehead atoms. The van der Waals surface area contributed by atoms with Gasteiger partial charge in [-0.25, -0.2) is 4.79 Å². The van der Waals surface area contributed by atoms with Gasteiger partial charge in [0.25, 0.3) is 0 Å². The van der Waals surface area contributed by atoms with E-state index in [0.29, 0.717) is 6.54 Å². The Balaban J connectivity index is 2.80. The van der Waals surface area contributed by atoms with E-state index in [1.54, 1.807) is 0 Å². The van der Waals surface area contributed by atoms with Crippen molar-refractivity contribution in [2.75, 3.05) is 13.7 Å². The second-order valence-electron chi connectivity index (χ2n) is 7.69. The normalized spacial score (nSPS) is 13.5. The SMILES string of the molecule is COC(=O)[C@@H](Cc1ccccc1)NC(=O)[C@H](CC(=O)O)NCC[13C](C)([13CH3])[13CH3]. The summed E-state index contributed by atoms with van der Waals surface area (Å²) in [4.78, 5) is 35.8. The first kappa shape index (κ1) is 22.6. The summed E-state index contributed by atoms with van der Waals surface area (Å²) in [7, 11) is 1.25. The minimum Gasteiger partial charge on any atom is -0.481 e. The Morgan fingerprint density at radius 2 is 1.74 bits per heavy atom. The van der Waals surface area contributed by atoms with Crippen LogP contribution >= 0.6 is 0 Å². The molecule has 150 valence electrons. The van der Waals surface area contributed by atoms with Crippen molar-refractivity contribution in [1.82, 2.24) is 10.6 Å². The van der Waals surface area contributed by atoms with Crippen molar-refractivity contribution in [2.24, 2.45) is 5.41 Å². The molecule has 0 heterocycles. The molecule has 1 amide bonds. The summed E-state index contributed by atoms with van der Waals surface area (Å²) in [5, 5.41) is 14.7. The maximum absolute atomic E-state index is 12.6. The molecule has 0 saturated heterocycles. The van der Waals surface area contributed by atoms with Gasteiger partial charge < -0.3 is 20.5 Å². The average molecular weight is 381 g/mol. The molecule has 0 aliphatic heterocycles. The van der Waals surface area contributed by atoms with Crippen LogP contribution < -0.4 is 10.6 Å². The molecule has 0 fully saturated rings. The van der Waals surface area contributed by atoms with Crippen molar-refractivity contribution in [1.29, 1.82) is 0 Å². The van der Waals surface area contributed by atoms with Gasteiger partial charge in [-0.1, -0.05) is 51.1 Å². The Labute approximate surface area is 160 Å². The highest BCUT2D eigenvalue weighted by Gasteiger charge is 2.28. The standard InChI is InChI=1S/C20H30N2O5/c1-20(2,3)10-11-21-15(13-17(23)24)18(25)22-16(19(26)27-4)12-14-8-6-5-7-9-14/h5-9,15-16,21H,10-13H2,1-4H3,(H,22,25)(H,23,24)/t15-,16+/m0/s1/i1+1,2+1,20+1. The fourth-order valence-electron chi connectivity index (χ4n) is 2.51. The van der Waals surface area contributed by atoms with Gasteiger partial charge in [0, 0.05) is 6.42 Å². The Morgan fingerprint density at radius 3 is 2.26 bits per heavy atom. The summed E-state index contributed by atoms with van der Waals surface area (Å²) in [5.41, 5.74) is 0.919. The number of rotatable bonds is 10. The summed E-state index contributed by atoms with van der Waals surface area (Å²) in [6.45, 7) is 6.69. The fourth-order valence-corrected chi connectivity index (χ4v) is 2.51. The van der Waals surface area contributed by atoms with E-state index in [2.05, 4.69) is 31.4 Å². The van der Waals surface area contributed by atoms with Gasteiger partial charge in [-0.3, -0.25) is 9.59 Å². The number of carboxylic acid groups (broad SMARTS) is 1. The molecule has 2 atom stereocenters. The maximum atomic E-state index is 12.6. The highest BCUT2D eigenvalue weighted by atomic mass is 16.5. The van der Waals surface area contributed by atoms with Gasteiger partial charge in [0.05, 0.1) is 19.6 Å². The molecule has 1 aromatic carbocycles. The van der Waals surface area contributed by atoms with Gasteiger partial charge in [-0.05, 0) is 23.9 Å². The van der Waals surface area contributed by atoms with Crippen LogP contribution in [0.15, 0.2) is 30.3 Å². The number of nitrogens with one attached hydrogen (secondary N) is 2. The zero-order valence-corrected chi connectivity index (χ0v) is 16.5. The molecule has 3 N–H and O–H groups in total. The number of benzene rings is 1. The number of carbonyl (C=O) groups is 3. The van der Waals surface area contributed by atoms with Crippen LogP contribution in [0.5, 0.6) is 0 Å². The largest absolute Gasteiger partial charge is 0.481 e. The average Bonchev–Trinajstić information content (AvgIpc) is 2.59. The Hall–Kier alpha value is -2.41. The van der Waals surface area contributed by atoms with Gasteiger partial charge in [0.2, 0.25) is 5.91 Å². The minimum absolute atomic E-state index is 0.0547. The lowest BCUT2D eigenvalue weighted by Crippen LogP contribution is -2.52. The highest BCUT2D eigenvalue weighted by Crippen LogP contribution is 2.17. The first-order valence-electron chi connectivity index (χ1n) is 8.99. The summed E-state index contributed by atoms with van der Waals surface area (Å²) < 4.78 is 4.78. The van der Waals surface area contributed by atoms with Crippen molar-refractivity contribution in [3.63, 3.8) is 0 Å². The number of hydrogen-bond donors (Lipinski definition) is 3. The van der Waals surface area contributed by atoms with Crippen LogP contribution in [0.2, 0.25) is 0 Å². The number of aliphatic carboxylic acids is 1. The minimum atomic E-state index is -1.09. The number of ether oxygens (including phenoxy) is 1. The lowest BCUT2D eigenvalue weighted by atomic mass is 10.0. The zero-order valence-electron chi connectivity index (χ0n) is 16.5. The number of carboxylic acids is 1. The lowest BCUT2D eigenvalue weighted by molar-refractivity contribution is -0.145. The second-order valence-corrected chi connectivity index (χ2v) is 7.69. The Morgan fingerprint density at radius 1 is 1.11 bits per heavy atom. The molecule has 0 saturated carbocycles. The van der Waals surface area contributed by atoms with Gasteiger partial charge >= 0.3 is 11.9 Å². The first-order valence-corrected chi connectivity index (χ1v) is 8.99. The van der Waals surface area contributed by atoms with Crippen LogP contribution in [0.3, 0.4) is 0 Å². The van der Waals surface area contributed by atoms with Crippen molar-refractivity contribution >= 4 is 17.8 Å². The molecule has 0 aliphatic carbocycles. The van der Waals surface area contributed by atoms with Crippen LogP contribution in [0.1, 0.15) is 39.2 Å². The van der Waals surface area contributed by atoms with E-state index in [1.165, 1.54) is 7.11 Å². The van der Waals surface area contributed by atoms with Gasteiger partial charge in [0.1, 0.15) is 6.04 Å².